The molecule has 0 unspecified atom stereocenters. The second-order valence-electron chi connectivity index (χ2n) is 3.07. The van der Waals surface area contributed by atoms with Crippen LogP contribution in [0.5, 0.6) is 0 Å². The number of carboxylic acid groups (broad SMARTS) is 1. The van der Waals surface area contributed by atoms with Crippen molar-refractivity contribution in [3.8, 4) is 0 Å². The van der Waals surface area contributed by atoms with Gasteiger partial charge in [-0.1, -0.05) is 12.1 Å². The van der Waals surface area contributed by atoms with E-state index in [2.05, 4.69) is 14.9 Å². The summed E-state index contributed by atoms with van der Waals surface area (Å²) in [5, 5.41) is 26.3. The van der Waals surface area contributed by atoms with E-state index in [-0.39, 0.29) is 11.1 Å². The summed E-state index contributed by atoms with van der Waals surface area (Å²) >= 11 is 0. The number of carboxylic acids is 1. The number of carbonyl (C=O) groups is 1. The fourth-order valence-corrected chi connectivity index (χ4v) is 1.28. The topological polar surface area (TPSA) is 119 Å². The van der Waals surface area contributed by atoms with Crippen LogP contribution in [0.2, 0.25) is 0 Å². The van der Waals surface area contributed by atoms with Gasteiger partial charge >= 0.3 is 11.7 Å². The number of nitro groups is 1. The maximum Gasteiger partial charge on any atom is 0.407 e. The molecule has 0 aliphatic heterocycles. The van der Waals surface area contributed by atoms with Gasteiger partial charge < -0.3 is 5.11 Å². The molecule has 2 aromatic rings. The lowest BCUT2D eigenvalue weighted by atomic mass is 10.1. The molecule has 8 heteroatoms. The van der Waals surface area contributed by atoms with Gasteiger partial charge in [0.15, 0.2) is 0 Å². The number of rotatable bonds is 3. The molecule has 0 atom stereocenters. The first-order valence-electron chi connectivity index (χ1n) is 4.40. The molecule has 0 saturated carbocycles. The molecule has 0 saturated heterocycles. The van der Waals surface area contributed by atoms with Crippen molar-refractivity contribution < 1.29 is 19.5 Å². The summed E-state index contributed by atoms with van der Waals surface area (Å²) in [6, 6.07) is 4.65. The minimum absolute atomic E-state index is 0.262. The summed E-state index contributed by atoms with van der Waals surface area (Å²) in [7, 11) is 0. The quantitative estimate of drug-likeness (QED) is 0.477. The highest BCUT2D eigenvalue weighted by Crippen LogP contribution is 2.17. The molecule has 86 valence electrons. The third-order valence-electron chi connectivity index (χ3n) is 2.03. The Labute approximate surface area is 93.3 Å². The zero-order valence-corrected chi connectivity index (χ0v) is 8.23. The lowest BCUT2D eigenvalue weighted by Crippen LogP contribution is -2.09. The lowest BCUT2D eigenvalue weighted by molar-refractivity contribution is -0.419. The van der Waals surface area contributed by atoms with E-state index in [0.29, 0.717) is 5.52 Å². The molecule has 8 nitrogen and oxygen atoms in total. The van der Waals surface area contributed by atoms with Crippen LogP contribution in [-0.4, -0.2) is 26.3 Å². The average Bonchev–Trinajstić information content (AvgIpc) is 2.73. The number of nitrogens with zero attached hydrogens (tertiary/aromatic N) is 3. The SMILES string of the molecule is O=C(O)/C(=C/c1cccc2nonc12)[N+](=O)[O-]. The summed E-state index contributed by atoms with van der Waals surface area (Å²) < 4.78 is 4.46. The zero-order valence-electron chi connectivity index (χ0n) is 8.23. The van der Waals surface area contributed by atoms with Gasteiger partial charge in [0.05, 0.1) is 4.92 Å². The van der Waals surface area contributed by atoms with E-state index in [1.54, 1.807) is 12.1 Å². The number of benzene rings is 1. The molecule has 0 radical (unpaired) electrons. The van der Waals surface area contributed by atoms with Crippen molar-refractivity contribution in [2.24, 2.45) is 0 Å². The molecule has 1 N–H and O–H groups in total. The third-order valence-corrected chi connectivity index (χ3v) is 2.03. The van der Waals surface area contributed by atoms with Crippen molar-refractivity contribution in [1.82, 2.24) is 10.3 Å². The van der Waals surface area contributed by atoms with Crippen LogP contribution >= 0.6 is 0 Å². The van der Waals surface area contributed by atoms with Gasteiger partial charge in [-0.3, -0.25) is 10.1 Å². The average molecular weight is 235 g/mol. The van der Waals surface area contributed by atoms with Crippen molar-refractivity contribution in [3.05, 3.63) is 39.6 Å². The molecule has 1 aromatic heterocycles. The van der Waals surface area contributed by atoms with Gasteiger partial charge in [-0.15, -0.1) is 0 Å². The summed E-state index contributed by atoms with van der Waals surface area (Å²) in [6.45, 7) is 0. The summed E-state index contributed by atoms with van der Waals surface area (Å²) in [6.07, 6.45) is 0.912. The van der Waals surface area contributed by atoms with Crippen molar-refractivity contribution >= 4 is 23.1 Å². The molecule has 1 heterocycles. The Kier molecular flexibility index (Phi) is 2.53. The first-order chi connectivity index (χ1) is 8.09. The predicted molar refractivity (Wildman–Crippen MR) is 54.4 cm³/mol. The summed E-state index contributed by atoms with van der Waals surface area (Å²) in [5.41, 5.74) is -0.0155. The van der Waals surface area contributed by atoms with Crippen LogP contribution in [0.25, 0.3) is 17.1 Å². The van der Waals surface area contributed by atoms with Crippen LogP contribution in [0, 0.1) is 10.1 Å². The van der Waals surface area contributed by atoms with E-state index in [1.165, 1.54) is 6.07 Å². The molecule has 0 aliphatic carbocycles. The van der Waals surface area contributed by atoms with Crippen molar-refractivity contribution in [3.63, 3.8) is 0 Å². The van der Waals surface area contributed by atoms with Crippen LogP contribution < -0.4 is 0 Å². The maximum absolute atomic E-state index is 10.7. The molecule has 0 fully saturated rings. The molecule has 0 amide bonds. The maximum atomic E-state index is 10.7. The third kappa shape index (κ3) is 1.95. The highest BCUT2D eigenvalue weighted by molar-refractivity contribution is 5.93. The van der Waals surface area contributed by atoms with Crippen LogP contribution in [0.15, 0.2) is 28.5 Å². The van der Waals surface area contributed by atoms with E-state index in [4.69, 9.17) is 5.11 Å². The monoisotopic (exact) mass is 235 g/mol. The Morgan fingerprint density at radius 1 is 1.47 bits per heavy atom. The second kappa shape index (κ2) is 4.00. The Bertz CT molecular complexity index is 614. The largest absolute Gasteiger partial charge is 0.473 e. The number of aromatic nitrogens is 2. The highest BCUT2D eigenvalue weighted by atomic mass is 16.6. The molecule has 0 bridgehead atoms. The zero-order chi connectivity index (χ0) is 12.4. The normalized spacial score (nSPS) is 11.6. The van der Waals surface area contributed by atoms with Gasteiger partial charge in [-0.05, 0) is 16.4 Å². The van der Waals surface area contributed by atoms with Gasteiger partial charge in [0.25, 0.3) is 0 Å². The Morgan fingerprint density at radius 2 is 2.24 bits per heavy atom. The summed E-state index contributed by atoms with van der Waals surface area (Å²) in [4.78, 5) is 20.2. The number of hydrogen-bond acceptors (Lipinski definition) is 6. The second-order valence-corrected chi connectivity index (χ2v) is 3.07. The number of hydrogen-bond donors (Lipinski definition) is 1. The lowest BCUT2D eigenvalue weighted by Gasteiger charge is -1.94. The van der Waals surface area contributed by atoms with E-state index < -0.39 is 16.6 Å². The van der Waals surface area contributed by atoms with Gasteiger partial charge in [0.2, 0.25) is 0 Å². The highest BCUT2D eigenvalue weighted by Gasteiger charge is 2.21. The molecule has 0 aliphatic rings. The number of fused-ring (bicyclic) bond motifs is 1. The number of aliphatic carboxylic acids is 1. The molecular weight excluding hydrogens is 230 g/mol. The Balaban J connectivity index is 2.60. The smallest absolute Gasteiger partial charge is 0.407 e. The van der Waals surface area contributed by atoms with E-state index in [9.17, 15) is 14.9 Å². The predicted octanol–water partition coefficient (Wildman–Crippen LogP) is 0.925. The van der Waals surface area contributed by atoms with Crippen LogP contribution in [-0.2, 0) is 4.79 Å². The van der Waals surface area contributed by atoms with Crippen molar-refractivity contribution in [2.75, 3.05) is 0 Å². The Morgan fingerprint density at radius 3 is 2.88 bits per heavy atom. The molecule has 2 rings (SSSR count). The van der Waals surface area contributed by atoms with E-state index in [1.807, 2.05) is 0 Å². The minimum atomic E-state index is -1.62. The molecule has 17 heavy (non-hydrogen) atoms. The van der Waals surface area contributed by atoms with E-state index >= 15 is 0 Å². The molecule has 0 spiro atoms. The first kappa shape index (κ1) is 10.7. The van der Waals surface area contributed by atoms with Crippen LogP contribution in [0.1, 0.15) is 5.56 Å². The van der Waals surface area contributed by atoms with Gasteiger partial charge in [-0.2, -0.15) is 0 Å². The van der Waals surface area contributed by atoms with Crippen LogP contribution in [0.4, 0.5) is 0 Å². The van der Waals surface area contributed by atoms with Crippen LogP contribution in [0.3, 0.4) is 0 Å². The van der Waals surface area contributed by atoms with Crippen molar-refractivity contribution in [1.29, 1.82) is 0 Å². The first-order valence-corrected chi connectivity index (χ1v) is 4.40. The van der Waals surface area contributed by atoms with Gasteiger partial charge in [-0.25, -0.2) is 9.42 Å². The molecule has 1 aromatic carbocycles. The van der Waals surface area contributed by atoms with Crippen molar-refractivity contribution in [2.45, 2.75) is 0 Å². The van der Waals surface area contributed by atoms with Gasteiger partial charge in [0, 0.05) is 11.6 Å². The Hall–Kier alpha value is -2.77. The standard InChI is InChI=1S/C9H5N3O5/c13-9(14)7(12(15)16)4-5-2-1-3-6-8(5)11-17-10-6/h1-4H,(H,13,14)/b7-4-. The fraction of sp³-hybridized carbons (Fsp3) is 0. The molecular formula is C9H5N3O5. The van der Waals surface area contributed by atoms with E-state index in [0.717, 1.165) is 6.08 Å². The summed E-state index contributed by atoms with van der Waals surface area (Å²) in [5.74, 6) is -1.62. The minimum Gasteiger partial charge on any atom is -0.473 e. The fourth-order valence-electron chi connectivity index (χ4n) is 1.28. The van der Waals surface area contributed by atoms with Gasteiger partial charge in [0.1, 0.15) is 11.0 Å².